The Morgan fingerprint density at radius 1 is 1.23 bits per heavy atom. The summed E-state index contributed by atoms with van der Waals surface area (Å²) >= 11 is 1.67. The Morgan fingerprint density at radius 3 is 2.85 bits per heavy atom. The maximum absolute atomic E-state index is 12.5. The van der Waals surface area contributed by atoms with E-state index in [-0.39, 0.29) is 5.91 Å². The van der Waals surface area contributed by atoms with Gasteiger partial charge in [-0.25, -0.2) is 0 Å². The zero-order valence-electron chi connectivity index (χ0n) is 14.8. The average Bonchev–Trinajstić information content (AvgIpc) is 3.32. The molecule has 0 fully saturated rings. The molecule has 3 heterocycles. The van der Waals surface area contributed by atoms with Crippen LogP contribution in [0.2, 0.25) is 0 Å². The number of aromatic amines is 1. The third kappa shape index (κ3) is 3.01. The van der Waals surface area contributed by atoms with E-state index >= 15 is 0 Å². The van der Waals surface area contributed by atoms with Gasteiger partial charge in [-0.2, -0.15) is 10.2 Å². The first-order valence-corrected chi connectivity index (χ1v) is 9.15. The van der Waals surface area contributed by atoms with E-state index in [0.29, 0.717) is 12.2 Å². The van der Waals surface area contributed by atoms with E-state index in [4.69, 9.17) is 0 Å². The standard InChI is InChI=1S/C19H19N5OS/c1-11-4-6-17-13(8-11)16(23-24(17)3)10-20-19(25)15-9-14(21-22-15)18-7-5-12(2)26-18/h4-9H,10H2,1-3H3,(H,20,25)(H,21,22). The summed E-state index contributed by atoms with van der Waals surface area (Å²) in [6, 6.07) is 12.1. The van der Waals surface area contributed by atoms with Crippen molar-refractivity contribution in [2.75, 3.05) is 0 Å². The zero-order chi connectivity index (χ0) is 18.3. The normalized spacial score (nSPS) is 11.2. The monoisotopic (exact) mass is 365 g/mol. The molecule has 2 N–H and O–H groups in total. The Morgan fingerprint density at radius 2 is 2.08 bits per heavy atom. The molecule has 7 heteroatoms. The number of carbonyl (C=O) groups excluding carboxylic acids is 1. The molecular formula is C19H19N5OS. The lowest BCUT2D eigenvalue weighted by Gasteiger charge is -2.01. The second-order valence-electron chi connectivity index (χ2n) is 6.35. The Kier molecular flexibility index (Phi) is 4.08. The Bertz CT molecular complexity index is 1100. The number of thiophene rings is 1. The van der Waals surface area contributed by atoms with Crippen molar-refractivity contribution >= 4 is 28.1 Å². The van der Waals surface area contributed by atoms with Gasteiger partial charge in [-0.1, -0.05) is 11.6 Å². The number of nitrogens with zero attached hydrogens (tertiary/aromatic N) is 3. The SMILES string of the molecule is Cc1ccc2c(c1)c(CNC(=O)c1cc(-c3ccc(C)s3)[nH]n1)nn2C. The Balaban J connectivity index is 1.51. The van der Waals surface area contributed by atoms with Crippen LogP contribution in [0.1, 0.15) is 26.6 Å². The number of aryl methyl sites for hydroxylation is 3. The summed E-state index contributed by atoms with van der Waals surface area (Å²) in [7, 11) is 1.91. The van der Waals surface area contributed by atoms with Crippen molar-refractivity contribution in [1.82, 2.24) is 25.3 Å². The van der Waals surface area contributed by atoms with E-state index in [1.54, 1.807) is 17.4 Å². The van der Waals surface area contributed by atoms with E-state index in [1.807, 2.05) is 30.8 Å². The number of carbonyl (C=O) groups is 1. The van der Waals surface area contributed by atoms with E-state index in [9.17, 15) is 4.79 Å². The molecule has 0 atom stereocenters. The van der Waals surface area contributed by atoms with Crippen molar-refractivity contribution in [2.45, 2.75) is 20.4 Å². The van der Waals surface area contributed by atoms with Crippen LogP contribution >= 0.6 is 11.3 Å². The third-order valence-electron chi connectivity index (χ3n) is 4.32. The summed E-state index contributed by atoms with van der Waals surface area (Å²) in [5, 5.41) is 15.6. The summed E-state index contributed by atoms with van der Waals surface area (Å²) in [6.45, 7) is 4.46. The van der Waals surface area contributed by atoms with Crippen LogP contribution in [0.15, 0.2) is 36.4 Å². The number of hydrogen-bond acceptors (Lipinski definition) is 4. The zero-order valence-corrected chi connectivity index (χ0v) is 15.6. The quantitative estimate of drug-likeness (QED) is 0.580. The number of H-pyrrole nitrogens is 1. The largest absolute Gasteiger partial charge is 0.345 e. The molecular weight excluding hydrogens is 346 g/mol. The molecule has 4 rings (SSSR count). The first kappa shape index (κ1) is 16.5. The lowest BCUT2D eigenvalue weighted by molar-refractivity contribution is 0.0945. The minimum Gasteiger partial charge on any atom is -0.345 e. The van der Waals surface area contributed by atoms with E-state index < -0.39 is 0 Å². The predicted molar refractivity (Wildman–Crippen MR) is 103 cm³/mol. The lowest BCUT2D eigenvalue weighted by Crippen LogP contribution is -2.23. The van der Waals surface area contributed by atoms with Crippen molar-refractivity contribution in [2.24, 2.45) is 7.05 Å². The van der Waals surface area contributed by atoms with Gasteiger partial charge in [0, 0.05) is 17.3 Å². The third-order valence-corrected chi connectivity index (χ3v) is 5.35. The molecule has 26 heavy (non-hydrogen) atoms. The number of nitrogens with one attached hydrogen (secondary N) is 2. The van der Waals surface area contributed by atoms with Crippen molar-refractivity contribution in [3.63, 3.8) is 0 Å². The maximum atomic E-state index is 12.5. The van der Waals surface area contributed by atoms with Gasteiger partial charge >= 0.3 is 0 Å². The summed E-state index contributed by atoms with van der Waals surface area (Å²) in [4.78, 5) is 14.7. The maximum Gasteiger partial charge on any atom is 0.272 e. The molecule has 0 aliphatic carbocycles. The Labute approximate surface area is 154 Å². The molecule has 0 unspecified atom stereocenters. The topological polar surface area (TPSA) is 75.6 Å². The number of amides is 1. The molecule has 4 aromatic rings. The summed E-state index contributed by atoms with van der Waals surface area (Å²) in [6.07, 6.45) is 0. The van der Waals surface area contributed by atoms with E-state index in [2.05, 4.69) is 45.7 Å². The predicted octanol–water partition coefficient (Wildman–Crippen LogP) is 3.57. The van der Waals surface area contributed by atoms with Gasteiger partial charge in [0.2, 0.25) is 0 Å². The molecule has 0 aliphatic rings. The first-order valence-electron chi connectivity index (χ1n) is 8.34. The highest BCUT2D eigenvalue weighted by molar-refractivity contribution is 7.15. The van der Waals surface area contributed by atoms with Gasteiger partial charge in [-0.05, 0) is 44.2 Å². The average molecular weight is 365 g/mol. The molecule has 0 saturated heterocycles. The number of aromatic nitrogens is 4. The van der Waals surface area contributed by atoms with Crippen LogP contribution in [0.25, 0.3) is 21.5 Å². The van der Waals surface area contributed by atoms with Gasteiger partial charge in [-0.15, -0.1) is 11.3 Å². The summed E-state index contributed by atoms with van der Waals surface area (Å²) in [5.41, 5.74) is 4.30. The number of hydrogen-bond donors (Lipinski definition) is 2. The molecule has 0 spiro atoms. The van der Waals surface area contributed by atoms with Crippen LogP contribution in [0, 0.1) is 13.8 Å². The minimum absolute atomic E-state index is 0.216. The van der Waals surface area contributed by atoms with Crippen LogP contribution < -0.4 is 5.32 Å². The fourth-order valence-corrected chi connectivity index (χ4v) is 3.81. The minimum atomic E-state index is -0.216. The second-order valence-corrected chi connectivity index (χ2v) is 7.64. The van der Waals surface area contributed by atoms with Crippen molar-refractivity contribution in [1.29, 1.82) is 0 Å². The number of rotatable bonds is 4. The first-order chi connectivity index (χ1) is 12.5. The van der Waals surface area contributed by atoms with Crippen molar-refractivity contribution in [3.05, 3.63) is 58.2 Å². The molecule has 3 aromatic heterocycles. The van der Waals surface area contributed by atoms with Gasteiger partial charge < -0.3 is 5.32 Å². The smallest absolute Gasteiger partial charge is 0.272 e. The fraction of sp³-hybridized carbons (Fsp3) is 0.211. The molecule has 0 radical (unpaired) electrons. The summed E-state index contributed by atoms with van der Waals surface area (Å²) < 4.78 is 1.84. The highest BCUT2D eigenvalue weighted by Crippen LogP contribution is 2.26. The van der Waals surface area contributed by atoms with Crippen LogP contribution in [0.4, 0.5) is 0 Å². The van der Waals surface area contributed by atoms with E-state index in [0.717, 1.165) is 27.2 Å². The van der Waals surface area contributed by atoms with Crippen LogP contribution in [-0.4, -0.2) is 25.9 Å². The summed E-state index contributed by atoms with van der Waals surface area (Å²) in [5.74, 6) is -0.216. The molecule has 0 aliphatic heterocycles. The molecule has 6 nitrogen and oxygen atoms in total. The van der Waals surface area contributed by atoms with Gasteiger partial charge in [0.25, 0.3) is 5.91 Å². The fourth-order valence-electron chi connectivity index (χ4n) is 2.98. The van der Waals surface area contributed by atoms with Crippen LogP contribution in [0.5, 0.6) is 0 Å². The van der Waals surface area contributed by atoms with Crippen LogP contribution in [-0.2, 0) is 13.6 Å². The molecule has 132 valence electrons. The molecule has 0 bridgehead atoms. The Hall–Kier alpha value is -2.93. The van der Waals surface area contributed by atoms with Gasteiger partial charge in [0.15, 0.2) is 5.69 Å². The lowest BCUT2D eigenvalue weighted by atomic mass is 10.1. The van der Waals surface area contributed by atoms with Gasteiger partial charge in [0.05, 0.1) is 28.3 Å². The molecule has 1 aromatic carbocycles. The van der Waals surface area contributed by atoms with Crippen molar-refractivity contribution in [3.8, 4) is 10.6 Å². The van der Waals surface area contributed by atoms with Crippen molar-refractivity contribution < 1.29 is 4.79 Å². The van der Waals surface area contributed by atoms with Gasteiger partial charge in [-0.3, -0.25) is 14.6 Å². The molecule has 1 amide bonds. The van der Waals surface area contributed by atoms with Crippen LogP contribution in [0.3, 0.4) is 0 Å². The highest BCUT2D eigenvalue weighted by atomic mass is 32.1. The molecule has 0 saturated carbocycles. The number of fused-ring (bicyclic) bond motifs is 1. The second kappa shape index (κ2) is 6.42. The highest BCUT2D eigenvalue weighted by Gasteiger charge is 2.14. The van der Waals surface area contributed by atoms with E-state index in [1.165, 1.54) is 10.4 Å². The van der Waals surface area contributed by atoms with Gasteiger partial charge in [0.1, 0.15) is 0 Å². The number of benzene rings is 1.